The van der Waals surface area contributed by atoms with Crippen LogP contribution in [-0.2, 0) is 19.6 Å². The summed E-state index contributed by atoms with van der Waals surface area (Å²) in [5, 5.41) is 0. The van der Waals surface area contributed by atoms with Crippen LogP contribution in [-0.4, -0.2) is 26.6 Å². The highest BCUT2D eigenvalue weighted by molar-refractivity contribution is 7.87. The maximum atomic E-state index is 12.2. The van der Waals surface area contributed by atoms with Crippen molar-refractivity contribution in [2.24, 2.45) is 0 Å². The van der Waals surface area contributed by atoms with E-state index in [4.69, 9.17) is 13.7 Å². The van der Waals surface area contributed by atoms with E-state index in [1.807, 2.05) is 6.92 Å². The fourth-order valence-corrected chi connectivity index (χ4v) is 2.91. The van der Waals surface area contributed by atoms with Crippen molar-refractivity contribution in [2.45, 2.75) is 38.2 Å². The molecule has 0 radical (unpaired) electrons. The Morgan fingerprint density at radius 2 is 1.46 bits per heavy atom. The SMILES string of the molecule is Cc1ccc(S(=O)(=O)Oc2ccc(OCC(=O)OC(C)(C)C)cc2)cc1. The van der Waals surface area contributed by atoms with Gasteiger partial charge in [0.25, 0.3) is 0 Å². The molecule has 0 saturated carbocycles. The molecule has 0 aliphatic rings. The van der Waals surface area contributed by atoms with Crippen molar-refractivity contribution in [3.63, 3.8) is 0 Å². The van der Waals surface area contributed by atoms with E-state index in [1.54, 1.807) is 32.9 Å². The first-order valence-electron chi connectivity index (χ1n) is 8.01. The summed E-state index contributed by atoms with van der Waals surface area (Å²) in [7, 11) is -3.90. The van der Waals surface area contributed by atoms with E-state index in [-0.39, 0.29) is 17.3 Å². The molecule has 0 bridgehead atoms. The molecule has 0 amide bonds. The van der Waals surface area contributed by atoms with Crippen LogP contribution in [0.15, 0.2) is 53.4 Å². The molecule has 0 atom stereocenters. The smallest absolute Gasteiger partial charge is 0.344 e. The highest BCUT2D eigenvalue weighted by Gasteiger charge is 2.18. The number of carbonyl (C=O) groups is 1. The van der Waals surface area contributed by atoms with Crippen LogP contribution in [0.4, 0.5) is 0 Å². The largest absolute Gasteiger partial charge is 0.482 e. The van der Waals surface area contributed by atoms with E-state index in [1.165, 1.54) is 36.4 Å². The van der Waals surface area contributed by atoms with Crippen LogP contribution in [0.5, 0.6) is 11.5 Å². The molecule has 140 valence electrons. The van der Waals surface area contributed by atoms with E-state index in [2.05, 4.69) is 0 Å². The Labute approximate surface area is 153 Å². The van der Waals surface area contributed by atoms with Gasteiger partial charge < -0.3 is 13.7 Å². The molecule has 6 nitrogen and oxygen atoms in total. The highest BCUT2D eigenvalue weighted by Crippen LogP contribution is 2.22. The monoisotopic (exact) mass is 378 g/mol. The quantitative estimate of drug-likeness (QED) is 0.566. The Morgan fingerprint density at radius 1 is 0.923 bits per heavy atom. The first-order chi connectivity index (χ1) is 12.0. The van der Waals surface area contributed by atoms with Gasteiger partial charge in [-0.2, -0.15) is 8.42 Å². The van der Waals surface area contributed by atoms with Gasteiger partial charge in [0, 0.05) is 0 Å². The normalized spacial score (nSPS) is 11.7. The Balaban J connectivity index is 1.97. The second-order valence-corrected chi connectivity index (χ2v) is 8.24. The summed E-state index contributed by atoms with van der Waals surface area (Å²) in [6.07, 6.45) is 0. The third-order valence-corrected chi connectivity index (χ3v) is 4.38. The van der Waals surface area contributed by atoms with Crippen molar-refractivity contribution in [3.05, 3.63) is 54.1 Å². The van der Waals surface area contributed by atoms with Gasteiger partial charge in [-0.15, -0.1) is 0 Å². The fraction of sp³-hybridized carbons (Fsp3) is 0.316. The van der Waals surface area contributed by atoms with Crippen LogP contribution < -0.4 is 8.92 Å². The summed E-state index contributed by atoms with van der Waals surface area (Å²) < 4.78 is 40.0. The molecule has 0 unspecified atom stereocenters. The summed E-state index contributed by atoms with van der Waals surface area (Å²) in [5.41, 5.74) is 0.373. The number of rotatable bonds is 6. The summed E-state index contributed by atoms with van der Waals surface area (Å²) in [6, 6.07) is 12.3. The number of hydrogen-bond donors (Lipinski definition) is 0. The van der Waals surface area contributed by atoms with Gasteiger partial charge in [0.05, 0.1) is 0 Å². The highest BCUT2D eigenvalue weighted by atomic mass is 32.2. The third-order valence-electron chi connectivity index (χ3n) is 3.12. The lowest BCUT2D eigenvalue weighted by Crippen LogP contribution is -2.27. The Hall–Kier alpha value is -2.54. The molecule has 0 N–H and O–H groups in total. The third kappa shape index (κ3) is 6.07. The first-order valence-corrected chi connectivity index (χ1v) is 9.42. The van der Waals surface area contributed by atoms with Gasteiger partial charge >= 0.3 is 16.1 Å². The lowest BCUT2D eigenvalue weighted by molar-refractivity contribution is -0.157. The first kappa shape index (κ1) is 19.8. The molecule has 0 aliphatic carbocycles. The summed E-state index contributed by atoms with van der Waals surface area (Å²) in [6.45, 7) is 6.94. The standard InChI is InChI=1S/C19H22O6S/c1-14-5-11-17(12-6-14)26(21,22)25-16-9-7-15(8-10-16)23-13-18(20)24-19(2,3)4/h5-12H,13H2,1-4H3. The average Bonchev–Trinajstić information content (AvgIpc) is 2.53. The number of ether oxygens (including phenoxy) is 2. The maximum absolute atomic E-state index is 12.2. The summed E-state index contributed by atoms with van der Waals surface area (Å²) in [5.74, 6) is 0.0610. The van der Waals surface area contributed by atoms with E-state index in [0.29, 0.717) is 5.75 Å². The number of esters is 1. The Kier molecular flexibility index (Phi) is 5.92. The minimum Gasteiger partial charge on any atom is -0.482 e. The zero-order chi connectivity index (χ0) is 19.4. The van der Waals surface area contributed by atoms with Crippen LogP contribution in [0.3, 0.4) is 0 Å². The van der Waals surface area contributed by atoms with Gasteiger partial charge in [-0.25, -0.2) is 4.79 Å². The van der Waals surface area contributed by atoms with E-state index in [9.17, 15) is 13.2 Å². The van der Waals surface area contributed by atoms with Crippen molar-refractivity contribution in [2.75, 3.05) is 6.61 Å². The molecule has 0 heterocycles. The molecule has 2 rings (SSSR count). The van der Waals surface area contributed by atoms with Crippen LogP contribution in [0, 0.1) is 6.92 Å². The van der Waals surface area contributed by atoms with Crippen LogP contribution in [0.1, 0.15) is 26.3 Å². The number of hydrogen-bond acceptors (Lipinski definition) is 6. The van der Waals surface area contributed by atoms with E-state index < -0.39 is 21.7 Å². The number of benzene rings is 2. The predicted octanol–water partition coefficient (Wildman–Crippen LogP) is 3.48. The van der Waals surface area contributed by atoms with Crippen molar-refractivity contribution >= 4 is 16.1 Å². The molecule has 26 heavy (non-hydrogen) atoms. The fourth-order valence-electron chi connectivity index (χ4n) is 1.98. The lowest BCUT2D eigenvalue weighted by atomic mass is 10.2. The molecule has 2 aromatic rings. The zero-order valence-electron chi connectivity index (χ0n) is 15.2. The van der Waals surface area contributed by atoms with E-state index in [0.717, 1.165) is 5.56 Å². The van der Waals surface area contributed by atoms with Gasteiger partial charge in [-0.3, -0.25) is 0 Å². The molecule has 7 heteroatoms. The molecule has 0 fully saturated rings. The average molecular weight is 378 g/mol. The molecule has 0 spiro atoms. The maximum Gasteiger partial charge on any atom is 0.344 e. The molecule has 2 aromatic carbocycles. The van der Waals surface area contributed by atoms with Gasteiger partial charge in [0.2, 0.25) is 0 Å². The van der Waals surface area contributed by atoms with Gasteiger partial charge in [-0.05, 0) is 64.1 Å². The van der Waals surface area contributed by atoms with Crippen molar-refractivity contribution in [3.8, 4) is 11.5 Å². The molecular weight excluding hydrogens is 356 g/mol. The van der Waals surface area contributed by atoms with Crippen LogP contribution in [0.25, 0.3) is 0 Å². The topological polar surface area (TPSA) is 78.9 Å². The lowest BCUT2D eigenvalue weighted by Gasteiger charge is -2.19. The van der Waals surface area contributed by atoms with Crippen molar-refractivity contribution in [1.82, 2.24) is 0 Å². The second-order valence-electron chi connectivity index (χ2n) is 6.70. The predicted molar refractivity (Wildman–Crippen MR) is 96.8 cm³/mol. The zero-order valence-corrected chi connectivity index (χ0v) is 16.0. The Morgan fingerprint density at radius 3 is 2.00 bits per heavy atom. The van der Waals surface area contributed by atoms with Crippen LogP contribution in [0.2, 0.25) is 0 Å². The summed E-state index contributed by atoms with van der Waals surface area (Å²) >= 11 is 0. The minimum atomic E-state index is -3.90. The van der Waals surface area contributed by atoms with E-state index >= 15 is 0 Å². The Bertz CT molecular complexity index is 846. The molecule has 0 aliphatic heterocycles. The second kappa shape index (κ2) is 7.78. The van der Waals surface area contributed by atoms with Crippen molar-refractivity contribution < 1.29 is 26.9 Å². The molecular formula is C19H22O6S. The minimum absolute atomic E-state index is 0.0772. The van der Waals surface area contributed by atoms with Crippen molar-refractivity contribution in [1.29, 1.82) is 0 Å². The van der Waals surface area contributed by atoms with Crippen LogP contribution >= 0.6 is 0 Å². The van der Waals surface area contributed by atoms with Gasteiger partial charge in [0.1, 0.15) is 22.0 Å². The molecule has 0 aromatic heterocycles. The van der Waals surface area contributed by atoms with Gasteiger partial charge in [0.15, 0.2) is 6.61 Å². The number of aryl methyl sites for hydroxylation is 1. The summed E-state index contributed by atoms with van der Waals surface area (Å²) in [4.78, 5) is 11.7. The van der Waals surface area contributed by atoms with Gasteiger partial charge in [-0.1, -0.05) is 17.7 Å². The number of carbonyl (C=O) groups excluding carboxylic acids is 1. The molecule has 0 saturated heterocycles.